The zero-order valence-corrected chi connectivity index (χ0v) is 23.7. The Labute approximate surface area is 240 Å². The molecule has 41 heavy (non-hydrogen) atoms. The highest BCUT2D eigenvalue weighted by atomic mass is 16.6. The van der Waals surface area contributed by atoms with Crippen LogP contribution in [0.4, 0.5) is 5.69 Å². The van der Waals surface area contributed by atoms with Gasteiger partial charge in [-0.3, -0.25) is 14.4 Å². The number of carbonyl (C=O) groups excluding carboxylic acids is 3. The predicted octanol–water partition coefficient (Wildman–Crippen LogP) is 3.80. The molecule has 1 N–H and O–H groups in total. The van der Waals surface area contributed by atoms with Crippen molar-refractivity contribution in [2.75, 3.05) is 24.7 Å². The van der Waals surface area contributed by atoms with Gasteiger partial charge in [-0.15, -0.1) is 0 Å². The second-order valence-electron chi connectivity index (χ2n) is 11.5. The summed E-state index contributed by atoms with van der Waals surface area (Å²) >= 11 is 0. The van der Waals surface area contributed by atoms with Crippen LogP contribution in [0.1, 0.15) is 42.5 Å². The van der Waals surface area contributed by atoms with E-state index in [1.54, 1.807) is 4.90 Å². The minimum absolute atomic E-state index is 0.213. The number of benzene rings is 2. The Hall–Kier alpha value is -3.75. The third-order valence-corrected chi connectivity index (χ3v) is 9.19. The van der Waals surface area contributed by atoms with Crippen molar-refractivity contribution in [2.24, 2.45) is 11.8 Å². The standard InChI is InChI=1S/C33H36N2O6/c1-4-32-15-8-9-18-40-31(39)27(32)26-29(37)35(25(20-36)23-11-6-5-7-12-23)28-30(38)34(17-10-16-33(26,28)41-32)24-19-21(2)13-14-22(24)3/h5-8,10-16,19,25-28,36H,4,9,17-18,20H2,1-3H3/t25-,26+,27+,28?,32-,33+/m1/s1. The van der Waals surface area contributed by atoms with Gasteiger partial charge in [0.05, 0.1) is 25.2 Å². The molecule has 2 aromatic rings. The van der Waals surface area contributed by atoms with Crippen LogP contribution in [0.2, 0.25) is 0 Å². The van der Waals surface area contributed by atoms with E-state index in [9.17, 15) is 19.5 Å². The molecule has 2 amide bonds. The molecule has 8 nitrogen and oxygen atoms in total. The molecule has 4 heterocycles. The van der Waals surface area contributed by atoms with Crippen molar-refractivity contribution in [2.45, 2.75) is 56.9 Å². The molecule has 0 saturated carbocycles. The fraction of sp³-hybridized carbons (Fsp3) is 0.424. The number of aliphatic hydroxyl groups is 1. The van der Waals surface area contributed by atoms with Gasteiger partial charge in [0.2, 0.25) is 5.91 Å². The third-order valence-electron chi connectivity index (χ3n) is 9.19. The van der Waals surface area contributed by atoms with Gasteiger partial charge < -0.3 is 24.4 Å². The summed E-state index contributed by atoms with van der Waals surface area (Å²) in [5.74, 6) is -3.15. The van der Waals surface area contributed by atoms with Crippen LogP contribution >= 0.6 is 0 Å². The normalized spacial score (nSPS) is 31.6. The minimum Gasteiger partial charge on any atom is -0.465 e. The van der Waals surface area contributed by atoms with Crippen LogP contribution in [-0.4, -0.2) is 64.8 Å². The fourth-order valence-electron chi connectivity index (χ4n) is 7.26. The van der Waals surface area contributed by atoms with E-state index in [4.69, 9.17) is 9.47 Å². The first-order chi connectivity index (χ1) is 19.8. The van der Waals surface area contributed by atoms with Crippen molar-refractivity contribution in [3.8, 4) is 0 Å². The largest absolute Gasteiger partial charge is 0.465 e. The Balaban J connectivity index is 1.57. The van der Waals surface area contributed by atoms with E-state index in [1.165, 1.54) is 4.90 Å². The summed E-state index contributed by atoms with van der Waals surface area (Å²) in [7, 11) is 0. The highest BCUT2D eigenvalue weighted by Gasteiger charge is 2.76. The Bertz CT molecular complexity index is 1440. The molecule has 2 aromatic carbocycles. The number of fused-ring (bicyclic) bond motifs is 2. The van der Waals surface area contributed by atoms with E-state index < -0.39 is 53.6 Å². The van der Waals surface area contributed by atoms with Gasteiger partial charge in [0, 0.05) is 12.2 Å². The molecule has 1 unspecified atom stereocenters. The third kappa shape index (κ3) is 4.07. The number of aliphatic hydroxyl groups excluding tert-OH is 1. The van der Waals surface area contributed by atoms with Crippen molar-refractivity contribution in [3.63, 3.8) is 0 Å². The lowest BCUT2D eigenvalue weighted by Crippen LogP contribution is -2.57. The molecular weight excluding hydrogens is 520 g/mol. The Morgan fingerprint density at radius 2 is 1.78 bits per heavy atom. The molecule has 6 atom stereocenters. The van der Waals surface area contributed by atoms with Gasteiger partial charge in [-0.05, 0) is 49.4 Å². The maximum Gasteiger partial charge on any atom is 0.313 e. The first-order valence-corrected chi connectivity index (χ1v) is 14.4. The lowest BCUT2D eigenvalue weighted by molar-refractivity contribution is -0.161. The van der Waals surface area contributed by atoms with Crippen LogP contribution in [0.25, 0.3) is 0 Å². The van der Waals surface area contributed by atoms with Crippen LogP contribution < -0.4 is 4.90 Å². The van der Waals surface area contributed by atoms with Gasteiger partial charge in [0.15, 0.2) is 0 Å². The summed E-state index contributed by atoms with van der Waals surface area (Å²) in [4.78, 5) is 46.4. The van der Waals surface area contributed by atoms with E-state index in [2.05, 4.69) is 0 Å². The summed E-state index contributed by atoms with van der Waals surface area (Å²) in [5, 5.41) is 10.7. The maximum absolute atomic E-state index is 14.8. The number of hydrogen-bond acceptors (Lipinski definition) is 6. The number of cyclic esters (lactones) is 1. The van der Waals surface area contributed by atoms with Crippen LogP contribution in [0.15, 0.2) is 72.8 Å². The van der Waals surface area contributed by atoms with Crippen molar-refractivity contribution >= 4 is 23.5 Å². The number of likely N-dealkylation sites (tertiary alicyclic amines) is 1. The van der Waals surface area contributed by atoms with Crippen LogP contribution in [-0.2, 0) is 23.9 Å². The molecule has 2 saturated heterocycles. The highest BCUT2D eigenvalue weighted by molar-refractivity contribution is 6.06. The number of rotatable bonds is 5. The molecule has 0 bridgehead atoms. The molecule has 4 aliphatic heterocycles. The van der Waals surface area contributed by atoms with Crippen molar-refractivity contribution < 1.29 is 29.0 Å². The van der Waals surface area contributed by atoms with Crippen LogP contribution in [0.5, 0.6) is 0 Å². The molecule has 0 radical (unpaired) electrons. The summed E-state index contributed by atoms with van der Waals surface area (Å²) in [5.41, 5.74) is 0.832. The Kier molecular flexibility index (Phi) is 6.86. The highest BCUT2D eigenvalue weighted by Crippen LogP contribution is 2.59. The number of hydrogen-bond donors (Lipinski definition) is 1. The zero-order chi connectivity index (χ0) is 28.9. The van der Waals surface area contributed by atoms with Gasteiger partial charge in [0.25, 0.3) is 5.91 Å². The number of amides is 2. The molecule has 1 spiro atoms. The molecule has 2 fully saturated rings. The average molecular weight is 557 g/mol. The summed E-state index contributed by atoms with van der Waals surface area (Å²) in [6.07, 6.45) is 8.49. The molecule has 0 aromatic heterocycles. The second kappa shape index (κ2) is 10.3. The van der Waals surface area contributed by atoms with Crippen LogP contribution in [0.3, 0.4) is 0 Å². The quantitative estimate of drug-likeness (QED) is 0.445. The number of esters is 1. The van der Waals surface area contributed by atoms with Gasteiger partial charge in [-0.2, -0.15) is 0 Å². The van der Waals surface area contributed by atoms with Crippen molar-refractivity contribution in [3.05, 3.63) is 89.5 Å². The van der Waals surface area contributed by atoms with E-state index in [-0.39, 0.29) is 19.1 Å². The minimum atomic E-state index is -1.43. The predicted molar refractivity (Wildman–Crippen MR) is 153 cm³/mol. The second-order valence-corrected chi connectivity index (χ2v) is 11.5. The van der Waals surface area contributed by atoms with E-state index in [0.717, 1.165) is 16.8 Å². The van der Waals surface area contributed by atoms with Gasteiger partial charge >= 0.3 is 5.97 Å². The molecular formula is C33H36N2O6. The van der Waals surface area contributed by atoms with Crippen molar-refractivity contribution in [1.82, 2.24) is 4.90 Å². The lowest BCUT2D eigenvalue weighted by atomic mass is 9.73. The van der Waals surface area contributed by atoms with Gasteiger partial charge in [-0.25, -0.2) is 0 Å². The molecule has 6 rings (SSSR count). The topological polar surface area (TPSA) is 96.4 Å². The molecule has 8 heteroatoms. The number of nitrogens with zero attached hydrogens (tertiary/aromatic N) is 2. The van der Waals surface area contributed by atoms with Gasteiger partial charge in [-0.1, -0.05) is 73.7 Å². The monoisotopic (exact) mass is 556 g/mol. The van der Waals surface area contributed by atoms with E-state index in [1.807, 2.05) is 93.6 Å². The van der Waals surface area contributed by atoms with E-state index >= 15 is 0 Å². The lowest BCUT2D eigenvalue weighted by Gasteiger charge is -2.41. The zero-order valence-electron chi connectivity index (χ0n) is 23.7. The number of ether oxygens (including phenoxy) is 2. The Morgan fingerprint density at radius 1 is 1.00 bits per heavy atom. The molecule has 214 valence electrons. The van der Waals surface area contributed by atoms with Crippen molar-refractivity contribution in [1.29, 1.82) is 0 Å². The maximum atomic E-state index is 14.8. The van der Waals surface area contributed by atoms with E-state index in [0.29, 0.717) is 18.4 Å². The van der Waals surface area contributed by atoms with Gasteiger partial charge in [0.1, 0.15) is 23.2 Å². The molecule has 4 aliphatic rings. The number of aryl methyl sites for hydroxylation is 2. The summed E-state index contributed by atoms with van der Waals surface area (Å²) in [6.45, 7) is 5.94. The fourth-order valence-corrected chi connectivity index (χ4v) is 7.26. The molecule has 0 aliphatic carbocycles. The number of anilines is 1. The van der Waals surface area contributed by atoms with Crippen LogP contribution in [0, 0.1) is 25.7 Å². The smallest absolute Gasteiger partial charge is 0.313 e. The number of carbonyl (C=O) groups is 3. The first-order valence-electron chi connectivity index (χ1n) is 14.4. The summed E-state index contributed by atoms with van der Waals surface area (Å²) < 4.78 is 12.6. The average Bonchev–Trinajstić information content (AvgIpc) is 3.31. The Morgan fingerprint density at radius 3 is 2.51 bits per heavy atom. The first kappa shape index (κ1) is 27.4. The SMILES string of the molecule is CC[C@@]12C=CCCOC(=O)[C@@H]1[C@H]1C(=O)N([C@H](CO)c3ccccc3)C3C(=O)N(c4cc(C)ccc4C)CC=C[C@@]31O2. The summed E-state index contributed by atoms with van der Waals surface area (Å²) in [6, 6.07) is 13.2.